The highest BCUT2D eigenvalue weighted by Gasteiger charge is 2.26. The second kappa shape index (κ2) is 9.62. The largest absolute Gasteiger partial charge is 0.493 e. The lowest BCUT2D eigenvalue weighted by Crippen LogP contribution is -2.16. The zero-order valence-electron chi connectivity index (χ0n) is 17.1. The molecule has 0 aliphatic rings. The number of amides is 1. The molecule has 32 heavy (non-hydrogen) atoms. The Morgan fingerprint density at radius 1 is 0.969 bits per heavy atom. The number of hydrogen-bond donors (Lipinski definition) is 2. The van der Waals surface area contributed by atoms with E-state index in [0.29, 0.717) is 16.9 Å². The molecule has 0 saturated carbocycles. The number of anilines is 2. The van der Waals surface area contributed by atoms with Gasteiger partial charge in [0.1, 0.15) is 0 Å². The van der Waals surface area contributed by atoms with E-state index in [0.717, 1.165) is 7.11 Å². The van der Waals surface area contributed by atoms with Gasteiger partial charge in [0.2, 0.25) is 5.13 Å². The number of aromatic nitrogens is 2. The summed E-state index contributed by atoms with van der Waals surface area (Å²) < 4.78 is 42.6. The Kier molecular flexibility index (Phi) is 6.90. The molecule has 168 valence electrons. The minimum absolute atomic E-state index is 0.0141. The van der Waals surface area contributed by atoms with Crippen LogP contribution in [-0.4, -0.2) is 51.8 Å². The van der Waals surface area contributed by atoms with Crippen molar-refractivity contribution in [3.8, 4) is 11.5 Å². The number of esters is 1. The molecular formula is C19H18N4O7S2. The van der Waals surface area contributed by atoms with Crippen molar-refractivity contribution in [3.63, 3.8) is 0 Å². The van der Waals surface area contributed by atoms with Gasteiger partial charge in [-0.1, -0.05) is 29.5 Å². The molecule has 2 N–H and O–H groups in total. The second-order valence-corrected chi connectivity index (χ2v) is 8.88. The number of sulfonamides is 1. The van der Waals surface area contributed by atoms with Gasteiger partial charge in [0.25, 0.3) is 20.3 Å². The molecule has 0 fully saturated rings. The van der Waals surface area contributed by atoms with Gasteiger partial charge in [-0.2, -0.15) is 8.42 Å². The Bertz CT molecular complexity index is 1240. The van der Waals surface area contributed by atoms with Crippen LogP contribution in [0.1, 0.15) is 20.7 Å². The van der Waals surface area contributed by atoms with Crippen molar-refractivity contribution < 1.29 is 32.2 Å². The Morgan fingerprint density at radius 2 is 1.62 bits per heavy atom. The van der Waals surface area contributed by atoms with Crippen molar-refractivity contribution in [3.05, 3.63) is 53.6 Å². The predicted molar refractivity (Wildman–Crippen MR) is 116 cm³/mol. The minimum Gasteiger partial charge on any atom is -0.493 e. The topological polar surface area (TPSA) is 146 Å². The van der Waals surface area contributed by atoms with Gasteiger partial charge in [-0.05, 0) is 12.1 Å². The van der Waals surface area contributed by atoms with Gasteiger partial charge < -0.3 is 14.2 Å². The molecule has 0 spiro atoms. The molecule has 3 aromatic rings. The molecule has 0 atom stereocenters. The van der Waals surface area contributed by atoms with Crippen LogP contribution in [0.3, 0.4) is 0 Å². The van der Waals surface area contributed by atoms with E-state index in [1.54, 1.807) is 30.3 Å². The molecule has 0 bridgehead atoms. The number of nitrogens with zero attached hydrogens (tertiary/aromatic N) is 2. The highest BCUT2D eigenvalue weighted by molar-refractivity contribution is 7.94. The summed E-state index contributed by atoms with van der Waals surface area (Å²) in [6.07, 6.45) is 0. The lowest BCUT2D eigenvalue weighted by Gasteiger charge is -2.14. The van der Waals surface area contributed by atoms with Crippen LogP contribution < -0.4 is 19.5 Å². The first kappa shape index (κ1) is 23.0. The van der Waals surface area contributed by atoms with Gasteiger partial charge >= 0.3 is 5.97 Å². The summed E-state index contributed by atoms with van der Waals surface area (Å²) in [6.45, 7) is 0. The number of carbonyl (C=O) groups excluding carboxylic acids is 2. The molecule has 1 aromatic heterocycles. The number of methoxy groups -OCH3 is 3. The molecular weight excluding hydrogens is 460 g/mol. The number of carbonyl (C=O) groups is 2. The highest BCUT2D eigenvalue weighted by atomic mass is 32.2. The van der Waals surface area contributed by atoms with Crippen LogP contribution in [0.15, 0.2) is 46.8 Å². The van der Waals surface area contributed by atoms with E-state index >= 15 is 0 Å². The summed E-state index contributed by atoms with van der Waals surface area (Å²) in [5.74, 6) is -0.869. The smallest absolute Gasteiger partial charge is 0.340 e. The van der Waals surface area contributed by atoms with Crippen molar-refractivity contribution in [1.82, 2.24) is 10.2 Å². The molecule has 1 amide bonds. The van der Waals surface area contributed by atoms with E-state index in [2.05, 4.69) is 20.2 Å². The Hall–Kier alpha value is -3.71. The molecule has 13 heteroatoms. The number of benzene rings is 2. The van der Waals surface area contributed by atoms with Crippen molar-refractivity contribution in [2.45, 2.75) is 4.34 Å². The third kappa shape index (κ3) is 4.95. The highest BCUT2D eigenvalue weighted by Crippen LogP contribution is 2.35. The lowest BCUT2D eigenvalue weighted by atomic mass is 10.1. The molecule has 0 aliphatic carbocycles. The lowest BCUT2D eigenvalue weighted by molar-refractivity contribution is 0.0601. The summed E-state index contributed by atoms with van der Waals surface area (Å²) in [6, 6.07) is 10.9. The number of nitrogens with one attached hydrogen (secondary N) is 2. The predicted octanol–water partition coefficient (Wildman–Crippen LogP) is 2.40. The van der Waals surface area contributed by atoms with Crippen molar-refractivity contribution in [2.75, 3.05) is 31.4 Å². The Morgan fingerprint density at radius 3 is 2.25 bits per heavy atom. The van der Waals surface area contributed by atoms with Crippen LogP contribution >= 0.6 is 11.3 Å². The molecule has 0 unspecified atom stereocenters. The fraction of sp³-hybridized carbons (Fsp3) is 0.158. The van der Waals surface area contributed by atoms with Crippen LogP contribution in [0.5, 0.6) is 11.5 Å². The normalized spacial score (nSPS) is 10.8. The average molecular weight is 479 g/mol. The van der Waals surface area contributed by atoms with Crippen LogP contribution in [0.4, 0.5) is 10.8 Å². The molecule has 11 nitrogen and oxygen atoms in total. The first-order chi connectivity index (χ1) is 15.3. The van der Waals surface area contributed by atoms with E-state index in [1.165, 1.54) is 26.4 Å². The van der Waals surface area contributed by atoms with Crippen LogP contribution in [0.2, 0.25) is 0 Å². The van der Waals surface area contributed by atoms with Gasteiger partial charge in [0.05, 0.1) is 32.6 Å². The molecule has 0 aliphatic heterocycles. The van der Waals surface area contributed by atoms with Crippen molar-refractivity contribution in [1.29, 1.82) is 0 Å². The van der Waals surface area contributed by atoms with E-state index in [1.807, 2.05) is 0 Å². The SMILES string of the molecule is COC(=O)c1cc(OC)c(OC)cc1NS(=O)(=O)c1nnc(NC(=O)c2ccccc2)s1. The molecule has 0 saturated heterocycles. The minimum atomic E-state index is -4.26. The number of ether oxygens (including phenoxy) is 3. The summed E-state index contributed by atoms with van der Waals surface area (Å²) >= 11 is 0.643. The van der Waals surface area contributed by atoms with Crippen molar-refractivity contribution >= 4 is 44.1 Å². The first-order valence-electron chi connectivity index (χ1n) is 8.86. The van der Waals surface area contributed by atoms with Crippen molar-refractivity contribution in [2.24, 2.45) is 0 Å². The Labute approximate surface area is 187 Å². The molecule has 0 radical (unpaired) electrons. The summed E-state index contributed by atoms with van der Waals surface area (Å²) in [4.78, 5) is 24.4. The van der Waals surface area contributed by atoms with Gasteiger partial charge in [0, 0.05) is 17.7 Å². The maximum Gasteiger partial charge on any atom is 0.340 e. The standard InChI is InChI=1S/C19H18N4O7S2/c1-28-14-9-12(17(25)30-3)13(10-15(14)29-2)23-32(26,27)19-22-21-18(31-19)20-16(24)11-7-5-4-6-8-11/h4-10,23H,1-3H3,(H,20,21,24). The van der Waals surface area contributed by atoms with E-state index in [-0.39, 0.29) is 27.9 Å². The monoisotopic (exact) mass is 478 g/mol. The summed E-state index contributed by atoms with van der Waals surface area (Å²) in [5.41, 5.74) is 0.161. The van der Waals surface area contributed by atoms with Crippen LogP contribution in [-0.2, 0) is 14.8 Å². The van der Waals surface area contributed by atoms with Gasteiger partial charge in [-0.25, -0.2) is 4.79 Å². The van der Waals surface area contributed by atoms with Crippen LogP contribution in [0.25, 0.3) is 0 Å². The Balaban J connectivity index is 1.88. The van der Waals surface area contributed by atoms with Gasteiger partial charge in [0.15, 0.2) is 11.5 Å². The fourth-order valence-corrected chi connectivity index (χ4v) is 4.53. The third-order valence-corrected chi connectivity index (χ3v) is 6.64. The maximum atomic E-state index is 12.8. The molecule has 2 aromatic carbocycles. The zero-order valence-corrected chi connectivity index (χ0v) is 18.7. The summed E-state index contributed by atoms with van der Waals surface area (Å²) in [5, 5.41) is 9.81. The average Bonchev–Trinajstić information content (AvgIpc) is 3.28. The first-order valence-corrected chi connectivity index (χ1v) is 11.2. The van der Waals surface area contributed by atoms with E-state index < -0.39 is 26.2 Å². The van der Waals surface area contributed by atoms with E-state index in [9.17, 15) is 18.0 Å². The summed E-state index contributed by atoms with van der Waals surface area (Å²) in [7, 11) is -0.374. The van der Waals surface area contributed by atoms with Gasteiger partial charge in [-0.15, -0.1) is 10.2 Å². The number of hydrogen-bond acceptors (Lipinski definition) is 10. The zero-order chi connectivity index (χ0) is 23.3. The molecule has 3 rings (SSSR count). The van der Waals surface area contributed by atoms with Gasteiger partial charge in [-0.3, -0.25) is 14.8 Å². The maximum absolute atomic E-state index is 12.8. The van der Waals surface area contributed by atoms with Crippen LogP contribution in [0, 0.1) is 0 Å². The quantitative estimate of drug-likeness (QED) is 0.368. The fourth-order valence-electron chi connectivity index (χ4n) is 2.56. The second-order valence-electron chi connectivity index (χ2n) is 6.04. The number of rotatable bonds is 8. The van der Waals surface area contributed by atoms with E-state index in [4.69, 9.17) is 14.2 Å². The third-order valence-electron chi connectivity index (χ3n) is 4.07. The molecule has 1 heterocycles.